The number of nitrogen functional groups attached to an aromatic ring is 1. The van der Waals surface area contributed by atoms with E-state index in [0.29, 0.717) is 10.7 Å². The summed E-state index contributed by atoms with van der Waals surface area (Å²) < 4.78 is 15.4. The first kappa shape index (κ1) is 12.3. The van der Waals surface area contributed by atoms with Gasteiger partial charge in [0.25, 0.3) is 0 Å². The Labute approximate surface area is 105 Å². The van der Waals surface area contributed by atoms with Crippen molar-refractivity contribution in [3.8, 4) is 0 Å². The van der Waals surface area contributed by atoms with Crippen LogP contribution in [0.4, 0.5) is 9.52 Å². The van der Waals surface area contributed by atoms with Crippen LogP contribution >= 0.6 is 11.3 Å². The summed E-state index contributed by atoms with van der Waals surface area (Å²) in [5.41, 5.74) is 7.90. The molecule has 0 atom stereocenters. The molecule has 0 aliphatic carbocycles. The molecule has 2 aromatic rings. The maximum Gasteiger partial charge on any atom is 0.181 e. The molecule has 0 unspecified atom stereocenters. The number of anilines is 1. The zero-order valence-corrected chi connectivity index (χ0v) is 11.4. The van der Waals surface area contributed by atoms with Crippen LogP contribution in [0.1, 0.15) is 50.7 Å². The van der Waals surface area contributed by atoms with Gasteiger partial charge in [-0.2, -0.15) is 0 Å². The van der Waals surface area contributed by atoms with Gasteiger partial charge in [-0.25, -0.2) is 9.37 Å². The molecule has 1 heterocycles. The molecule has 1 aromatic carbocycles. The van der Waals surface area contributed by atoms with E-state index >= 15 is 0 Å². The fourth-order valence-corrected chi connectivity index (χ4v) is 2.85. The van der Waals surface area contributed by atoms with Gasteiger partial charge < -0.3 is 5.73 Å². The number of nitrogens with two attached hydrogens (primary N) is 1. The largest absolute Gasteiger partial charge is 0.375 e. The topological polar surface area (TPSA) is 38.9 Å². The Hall–Kier alpha value is -1.16. The van der Waals surface area contributed by atoms with Crippen molar-refractivity contribution in [2.75, 3.05) is 5.73 Å². The Morgan fingerprint density at radius 3 is 2.41 bits per heavy atom. The molecule has 0 saturated carbocycles. The fraction of sp³-hybridized carbons (Fsp3) is 0.462. The van der Waals surface area contributed by atoms with E-state index in [1.54, 1.807) is 0 Å². The second-order valence-electron chi connectivity index (χ2n) is 4.90. The third-order valence-electron chi connectivity index (χ3n) is 2.90. The van der Waals surface area contributed by atoms with Gasteiger partial charge in [-0.3, -0.25) is 0 Å². The van der Waals surface area contributed by atoms with Gasteiger partial charge in [0.05, 0.1) is 10.2 Å². The van der Waals surface area contributed by atoms with Gasteiger partial charge in [-0.1, -0.05) is 39.0 Å². The van der Waals surface area contributed by atoms with Crippen LogP contribution in [0.25, 0.3) is 10.2 Å². The lowest BCUT2D eigenvalue weighted by molar-refractivity contribution is 0.576. The Kier molecular flexibility index (Phi) is 3.08. The quantitative estimate of drug-likeness (QED) is 0.867. The first-order chi connectivity index (χ1) is 7.91. The molecule has 0 amide bonds. The molecule has 0 fully saturated rings. The van der Waals surface area contributed by atoms with Crippen LogP contribution < -0.4 is 5.73 Å². The minimum absolute atomic E-state index is 0.109. The van der Waals surface area contributed by atoms with E-state index in [0.717, 1.165) is 15.8 Å². The van der Waals surface area contributed by atoms with Crippen LogP contribution in [0.5, 0.6) is 0 Å². The van der Waals surface area contributed by atoms with E-state index in [4.69, 9.17) is 5.73 Å². The SMILES string of the molecule is CC(C)c1cc2sc(N)nc2c(C(C)C)c1F. The number of hydrogen-bond donors (Lipinski definition) is 1. The van der Waals surface area contributed by atoms with E-state index < -0.39 is 0 Å². The fourth-order valence-electron chi connectivity index (χ4n) is 2.05. The molecular formula is C13H17FN2S. The molecule has 0 spiro atoms. The van der Waals surface area contributed by atoms with Crippen molar-refractivity contribution in [3.05, 3.63) is 23.0 Å². The summed E-state index contributed by atoms with van der Waals surface area (Å²) in [4.78, 5) is 4.25. The van der Waals surface area contributed by atoms with Gasteiger partial charge in [0, 0.05) is 5.56 Å². The molecule has 17 heavy (non-hydrogen) atoms. The number of halogens is 1. The van der Waals surface area contributed by atoms with Crippen molar-refractivity contribution in [3.63, 3.8) is 0 Å². The number of benzene rings is 1. The highest BCUT2D eigenvalue weighted by Gasteiger charge is 2.20. The maximum atomic E-state index is 14.4. The average Bonchev–Trinajstić information content (AvgIpc) is 2.55. The van der Waals surface area contributed by atoms with Gasteiger partial charge in [0.2, 0.25) is 0 Å². The second-order valence-corrected chi connectivity index (χ2v) is 5.96. The first-order valence-electron chi connectivity index (χ1n) is 5.80. The van der Waals surface area contributed by atoms with Gasteiger partial charge in [0.1, 0.15) is 5.82 Å². The van der Waals surface area contributed by atoms with Crippen molar-refractivity contribution < 1.29 is 4.39 Å². The smallest absolute Gasteiger partial charge is 0.181 e. The molecule has 0 aliphatic rings. The average molecular weight is 252 g/mol. The van der Waals surface area contributed by atoms with Gasteiger partial charge in [0.15, 0.2) is 5.13 Å². The van der Waals surface area contributed by atoms with E-state index in [9.17, 15) is 4.39 Å². The van der Waals surface area contributed by atoms with Crippen molar-refractivity contribution in [2.45, 2.75) is 39.5 Å². The first-order valence-corrected chi connectivity index (χ1v) is 6.61. The van der Waals surface area contributed by atoms with Crippen LogP contribution in [0.3, 0.4) is 0 Å². The zero-order chi connectivity index (χ0) is 12.7. The Balaban J connectivity index is 2.84. The second kappa shape index (κ2) is 4.26. The summed E-state index contributed by atoms with van der Waals surface area (Å²) >= 11 is 1.42. The normalized spacial score (nSPS) is 11.9. The zero-order valence-electron chi connectivity index (χ0n) is 10.5. The van der Waals surface area contributed by atoms with E-state index in [-0.39, 0.29) is 17.7 Å². The molecule has 0 radical (unpaired) electrons. The minimum Gasteiger partial charge on any atom is -0.375 e. The van der Waals surface area contributed by atoms with Crippen LogP contribution in [0, 0.1) is 5.82 Å². The van der Waals surface area contributed by atoms with Crippen LogP contribution in [0.2, 0.25) is 0 Å². The summed E-state index contributed by atoms with van der Waals surface area (Å²) in [6.45, 7) is 7.96. The molecule has 1 aromatic heterocycles. The number of hydrogen-bond acceptors (Lipinski definition) is 3. The molecule has 92 valence electrons. The van der Waals surface area contributed by atoms with Crippen molar-refractivity contribution >= 4 is 26.7 Å². The Morgan fingerprint density at radius 2 is 1.88 bits per heavy atom. The maximum absolute atomic E-state index is 14.4. The third kappa shape index (κ3) is 2.02. The lowest BCUT2D eigenvalue weighted by Gasteiger charge is -2.14. The summed E-state index contributed by atoms with van der Waals surface area (Å²) in [6.07, 6.45) is 0. The monoisotopic (exact) mass is 252 g/mol. The van der Waals surface area contributed by atoms with Gasteiger partial charge in [-0.15, -0.1) is 0 Å². The third-order valence-corrected chi connectivity index (χ3v) is 3.73. The molecule has 2 nitrogen and oxygen atoms in total. The summed E-state index contributed by atoms with van der Waals surface area (Å²) in [5.74, 6) is 0.158. The summed E-state index contributed by atoms with van der Waals surface area (Å²) in [5, 5.41) is 0.502. The summed E-state index contributed by atoms with van der Waals surface area (Å²) in [7, 11) is 0. The number of thiazole rings is 1. The number of rotatable bonds is 2. The van der Waals surface area contributed by atoms with Crippen molar-refractivity contribution in [2.24, 2.45) is 0 Å². The van der Waals surface area contributed by atoms with E-state index in [2.05, 4.69) is 4.98 Å². The van der Waals surface area contributed by atoms with E-state index in [1.165, 1.54) is 11.3 Å². The van der Waals surface area contributed by atoms with Crippen molar-refractivity contribution in [1.29, 1.82) is 0 Å². The molecule has 0 saturated heterocycles. The van der Waals surface area contributed by atoms with Gasteiger partial charge >= 0.3 is 0 Å². The lowest BCUT2D eigenvalue weighted by Crippen LogP contribution is -2.01. The molecule has 2 N–H and O–H groups in total. The lowest BCUT2D eigenvalue weighted by atomic mass is 9.94. The van der Waals surface area contributed by atoms with Gasteiger partial charge in [-0.05, 0) is 23.5 Å². The summed E-state index contributed by atoms with van der Waals surface area (Å²) in [6, 6.07) is 1.88. The number of aromatic nitrogens is 1. The van der Waals surface area contributed by atoms with Crippen LogP contribution in [0.15, 0.2) is 6.07 Å². The predicted octanol–water partition coefficient (Wildman–Crippen LogP) is 4.26. The Morgan fingerprint density at radius 1 is 1.24 bits per heavy atom. The minimum atomic E-state index is -0.118. The highest BCUT2D eigenvalue weighted by molar-refractivity contribution is 7.22. The molecule has 4 heteroatoms. The van der Waals surface area contributed by atoms with Crippen LogP contribution in [-0.2, 0) is 0 Å². The molecule has 0 aliphatic heterocycles. The predicted molar refractivity (Wildman–Crippen MR) is 72.2 cm³/mol. The van der Waals surface area contributed by atoms with Crippen LogP contribution in [-0.4, -0.2) is 4.98 Å². The molecule has 2 rings (SSSR count). The Bertz CT molecular complexity index is 558. The standard InChI is InChI=1S/C13H17FN2S/c1-6(2)8-5-9-12(16-13(15)17-9)10(7(3)4)11(8)14/h5-7H,1-4H3,(H2,15,16). The highest BCUT2D eigenvalue weighted by atomic mass is 32.1. The number of nitrogens with zero attached hydrogens (tertiary/aromatic N) is 1. The van der Waals surface area contributed by atoms with E-state index in [1.807, 2.05) is 33.8 Å². The molecular weight excluding hydrogens is 235 g/mol. The number of fused-ring (bicyclic) bond motifs is 1. The van der Waals surface area contributed by atoms with Crippen molar-refractivity contribution in [1.82, 2.24) is 4.98 Å². The highest BCUT2D eigenvalue weighted by Crippen LogP contribution is 2.36. The molecule has 0 bridgehead atoms.